The number of anilines is 1. The van der Waals surface area contributed by atoms with Gasteiger partial charge in [-0.2, -0.15) is 0 Å². The second-order valence-corrected chi connectivity index (χ2v) is 4.83. The van der Waals surface area contributed by atoms with E-state index in [1.54, 1.807) is 0 Å². The van der Waals surface area contributed by atoms with Crippen molar-refractivity contribution in [3.05, 3.63) is 33.1 Å². The normalized spacial score (nSPS) is 16.4. The molecule has 2 rings (SSSR count). The standard InChI is InChI=1S/C11H13ClFN3O2/c12-7-3-10(11(16(17)18)4-8(7)13)15-5-9(14)6-1-2-6/h3-4,6,9,15H,1-2,5,14H2. The molecule has 1 aromatic rings. The van der Waals surface area contributed by atoms with Gasteiger partial charge in [0.25, 0.3) is 5.69 Å². The van der Waals surface area contributed by atoms with Gasteiger partial charge in [-0.05, 0) is 24.8 Å². The fourth-order valence-corrected chi connectivity index (χ4v) is 1.91. The molecule has 1 unspecified atom stereocenters. The third-order valence-electron chi connectivity index (χ3n) is 2.99. The van der Waals surface area contributed by atoms with Crippen LogP contribution in [0, 0.1) is 21.8 Å². The minimum absolute atomic E-state index is 0.0477. The van der Waals surface area contributed by atoms with Gasteiger partial charge < -0.3 is 11.1 Å². The molecule has 0 heterocycles. The Kier molecular flexibility index (Phi) is 3.68. The lowest BCUT2D eigenvalue weighted by molar-refractivity contribution is -0.384. The van der Waals surface area contributed by atoms with Crippen LogP contribution in [0.5, 0.6) is 0 Å². The van der Waals surface area contributed by atoms with Gasteiger partial charge in [-0.25, -0.2) is 4.39 Å². The van der Waals surface area contributed by atoms with Crippen molar-refractivity contribution >= 4 is 23.0 Å². The van der Waals surface area contributed by atoms with Gasteiger partial charge >= 0.3 is 0 Å². The number of nitrogens with zero attached hydrogens (tertiary/aromatic N) is 1. The third kappa shape index (κ3) is 2.88. The van der Waals surface area contributed by atoms with E-state index in [2.05, 4.69) is 5.32 Å². The highest BCUT2D eigenvalue weighted by atomic mass is 35.5. The number of hydrogen-bond acceptors (Lipinski definition) is 4. The molecule has 0 aromatic heterocycles. The summed E-state index contributed by atoms with van der Waals surface area (Å²) in [5, 5.41) is 13.5. The summed E-state index contributed by atoms with van der Waals surface area (Å²) in [7, 11) is 0. The van der Waals surface area contributed by atoms with Gasteiger partial charge in [-0.15, -0.1) is 0 Å². The van der Waals surface area contributed by atoms with Crippen LogP contribution in [0.3, 0.4) is 0 Å². The van der Waals surface area contributed by atoms with Crippen LogP contribution in [-0.4, -0.2) is 17.5 Å². The zero-order valence-electron chi connectivity index (χ0n) is 9.53. The largest absolute Gasteiger partial charge is 0.378 e. The second kappa shape index (κ2) is 5.07. The number of nitrogens with one attached hydrogen (secondary N) is 1. The van der Waals surface area contributed by atoms with Crippen LogP contribution in [0.25, 0.3) is 0 Å². The summed E-state index contributed by atoms with van der Waals surface area (Å²) in [6.07, 6.45) is 2.18. The summed E-state index contributed by atoms with van der Waals surface area (Å²) in [6, 6.07) is 1.98. The maximum absolute atomic E-state index is 13.2. The highest BCUT2D eigenvalue weighted by Gasteiger charge is 2.28. The van der Waals surface area contributed by atoms with Crippen LogP contribution in [-0.2, 0) is 0 Å². The highest BCUT2D eigenvalue weighted by Crippen LogP contribution is 2.33. The molecule has 3 N–H and O–H groups in total. The third-order valence-corrected chi connectivity index (χ3v) is 3.28. The molecular weight excluding hydrogens is 261 g/mol. The molecule has 1 atom stereocenters. The quantitative estimate of drug-likeness (QED) is 0.638. The number of hydrogen-bond donors (Lipinski definition) is 2. The van der Waals surface area contributed by atoms with Gasteiger partial charge in [0.2, 0.25) is 0 Å². The SMILES string of the molecule is NC(CNc1cc(Cl)c(F)cc1[N+](=O)[O-])C1CC1. The van der Waals surface area contributed by atoms with Gasteiger partial charge in [0, 0.05) is 12.6 Å². The van der Waals surface area contributed by atoms with E-state index in [4.69, 9.17) is 17.3 Å². The number of benzene rings is 1. The van der Waals surface area contributed by atoms with E-state index in [1.807, 2.05) is 0 Å². The Labute approximate surface area is 108 Å². The Morgan fingerprint density at radius 3 is 2.83 bits per heavy atom. The van der Waals surface area contributed by atoms with Gasteiger partial charge in [0.05, 0.1) is 16.0 Å². The Morgan fingerprint density at radius 2 is 2.28 bits per heavy atom. The number of nitro groups is 1. The van der Waals surface area contributed by atoms with Gasteiger partial charge in [0.15, 0.2) is 0 Å². The molecule has 1 aliphatic carbocycles. The second-order valence-electron chi connectivity index (χ2n) is 4.42. The molecule has 0 radical (unpaired) electrons. The van der Waals surface area contributed by atoms with E-state index in [-0.39, 0.29) is 22.4 Å². The molecule has 7 heteroatoms. The van der Waals surface area contributed by atoms with Crippen molar-refractivity contribution in [2.24, 2.45) is 11.7 Å². The first kappa shape index (κ1) is 13.0. The smallest absolute Gasteiger partial charge is 0.295 e. The van der Waals surface area contributed by atoms with Crippen molar-refractivity contribution in [1.29, 1.82) is 0 Å². The van der Waals surface area contributed by atoms with E-state index in [0.29, 0.717) is 12.5 Å². The molecular formula is C11H13ClFN3O2. The first-order chi connectivity index (χ1) is 8.49. The molecule has 0 spiro atoms. The van der Waals surface area contributed by atoms with E-state index < -0.39 is 10.7 Å². The van der Waals surface area contributed by atoms with Gasteiger partial charge in [0.1, 0.15) is 11.5 Å². The lowest BCUT2D eigenvalue weighted by atomic mass is 10.2. The molecule has 1 fully saturated rings. The molecule has 18 heavy (non-hydrogen) atoms. The van der Waals surface area contributed by atoms with Gasteiger partial charge in [-0.3, -0.25) is 10.1 Å². The summed E-state index contributed by atoms with van der Waals surface area (Å²) in [4.78, 5) is 10.2. The Bertz CT molecular complexity index is 480. The Hall–Kier alpha value is -1.40. The lowest BCUT2D eigenvalue weighted by Gasteiger charge is -2.13. The zero-order chi connectivity index (χ0) is 13.3. The summed E-state index contributed by atoms with van der Waals surface area (Å²) < 4.78 is 13.2. The molecule has 1 aliphatic rings. The van der Waals surface area contributed by atoms with Crippen molar-refractivity contribution in [1.82, 2.24) is 0 Å². The van der Waals surface area contributed by atoms with Crippen molar-refractivity contribution in [3.63, 3.8) is 0 Å². The summed E-state index contributed by atoms with van der Waals surface area (Å²) in [6.45, 7) is 0.410. The van der Waals surface area contributed by atoms with E-state index in [9.17, 15) is 14.5 Å². The van der Waals surface area contributed by atoms with E-state index >= 15 is 0 Å². The first-order valence-electron chi connectivity index (χ1n) is 5.62. The van der Waals surface area contributed by atoms with Crippen LogP contribution < -0.4 is 11.1 Å². The Balaban J connectivity index is 2.14. The number of rotatable bonds is 5. The predicted octanol–water partition coefficient (Wildman–Crippen LogP) is 2.54. The number of nitrogens with two attached hydrogens (primary N) is 1. The highest BCUT2D eigenvalue weighted by molar-refractivity contribution is 6.31. The monoisotopic (exact) mass is 273 g/mol. The summed E-state index contributed by atoms with van der Waals surface area (Å²) >= 11 is 5.61. The van der Waals surface area contributed by atoms with Crippen molar-refractivity contribution < 1.29 is 9.31 Å². The number of nitro benzene ring substituents is 1. The summed E-state index contributed by atoms with van der Waals surface area (Å²) in [5.41, 5.74) is 5.74. The summed E-state index contributed by atoms with van der Waals surface area (Å²) in [5.74, 6) is -0.326. The molecule has 0 aliphatic heterocycles. The molecule has 0 bridgehead atoms. The molecule has 0 saturated heterocycles. The maximum Gasteiger partial charge on any atom is 0.295 e. The molecule has 5 nitrogen and oxygen atoms in total. The molecule has 1 saturated carbocycles. The van der Waals surface area contributed by atoms with Crippen LogP contribution in [0.1, 0.15) is 12.8 Å². The van der Waals surface area contributed by atoms with Crippen LogP contribution in [0.2, 0.25) is 5.02 Å². The Morgan fingerprint density at radius 1 is 1.61 bits per heavy atom. The predicted molar refractivity (Wildman–Crippen MR) is 67.3 cm³/mol. The number of halogens is 2. The minimum Gasteiger partial charge on any atom is -0.378 e. The first-order valence-corrected chi connectivity index (χ1v) is 5.99. The lowest BCUT2D eigenvalue weighted by Crippen LogP contribution is -2.31. The average Bonchev–Trinajstić information content (AvgIpc) is 3.13. The maximum atomic E-state index is 13.2. The molecule has 1 aromatic carbocycles. The van der Waals surface area contributed by atoms with Crippen LogP contribution >= 0.6 is 11.6 Å². The van der Waals surface area contributed by atoms with Crippen molar-refractivity contribution in [3.8, 4) is 0 Å². The van der Waals surface area contributed by atoms with Crippen LogP contribution in [0.15, 0.2) is 12.1 Å². The van der Waals surface area contributed by atoms with E-state index in [0.717, 1.165) is 18.9 Å². The molecule has 98 valence electrons. The van der Waals surface area contributed by atoms with E-state index in [1.165, 1.54) is 6.07 Å². The van der Waals surface area contributed by atoms with Crippen molar-refractivity contribution in [2.75, 3.05) is 11.9 Å². The minimum atomic E-state index is -0.805. The molecule has 0 amide bonds. The fraction of sp³-hybridized carbons (Fsp3) is 0.455. The fourth-order valence-electron chi connectivity index (χ4n) is 1.75. The van der Waals surface area contributed by atoms with Crippen LogP contribution in [0.4, 0.5) is 15.8 Å². The van der Waals surface area contributed by atoms with Crippen molar-refractivity contribution in [2.45, 2.75) is 18.9 Å². The average molecular weight is 274 g/mol. The van der Waals surface area contributed by atoms with Gasteiger partial charge in [-0.1, -0.05) is 11.6 Å². The topological polar surface area (TPSA) is 81.2 Å². The zero-order valence-corrected chi connectivity index (χ0v) is 10.3.